The molecule has 0 atom stereocenters. The van der Waals surface area contributed by atoms with Crippen LogP contribution in [0.1, 0.15) is 41.3 Å². The van der Waals surface area contributed by atoms with Crippen LogP contribution in [0.25, 0.3) is 0 Å². The number of hydrogen-bond donors (Lipinski definition) is 0. The molecular formula is C18H20ClN3O2. The van der Waals surface area contributed by atoms with Gasteiger partial charge in [0.25, 0.3) is 11.5 Å². The van der Waals surface area contributed by atoms with Gasteiger partial charge in [-0.05, 0) is 31.2 Å². The average molecular weight is 346 g/mol. The Hall–Kier alpha value is -2.14. The molecule has 0 N–H and O–H groups in total. The number of carbonyl (C=O) groups is 1. The molecule has 0 spiro atoms. The van der Waals surface area contributed by atoms with Gasteiger partial charge in [-0.3, -0.25) is 14.2 Å². The fourth-order valence-electron chi connectivity index (χ4n) is 3.17. The molecule has 126 valence electrons. The molecule has 0 bridgehead atoms. The lowest BCUT2D eigenvalue weighted by Gasteiger charge is -2.39. The molecular weight excluding hydrogens is 326 g/mol. The fourth-order valence-corrected chi connectivity index (χ4v) is 3.30. The van der Waals surface area contributed by atoms with Crippen LogP contribution in [0, 0.1) is 6.92 Å². The number of rotatable bonds is 1. The van der Waals surface area contributed by atoms with Gasteiger partial charge in [0, 0.05) is 29.6 Å². The molecule has 0 unspecified atom stereocenters. The summed E-state index contributed by atoms with van der Waals surface area (Å²) in [6.45, 7) is 6.64. The summed E-state index contributed by atoms with van der Waals surface area (Å²) in [6, 6.07) is 6.81. The van der Waals surface area contributed by atoms with Crippen LogP contribution in [-0.2, 0) is 19.0 Å². The molecule has 24 heavy (non-hydrogen) atoms. The van der Waals surface area contributed by atoms with Gasteiger partial charge >= 0.3 is 0 Å². The quantitative estimate of drug-likeness (QED) is 0.798. The molecule has 0 radical (unpaired) electrons. The number of carbonyl (C=O) groups excluding carboxylic acids is 1. The van der Waals surface area contributed by atoms with Crippen molar-refractivity contribution in [3.8, 4) is 0 Å². The van der Waals surface area contributed by atoms with Gasteiger partial charge in [-0.1, -0.05) is 25.4 Å². The minimum absolute atomic E-state index is 0.0841. The summed E-state index contributed by atoms with van der Waals surface area (Å²) in [5.41, 5.74) is 1.49. The third-order valence-corrected chi connectivity index (χ3v) is 4.81. The summed E-state index contributed by atoms with van der Waals surface area (Å²) in [5, 5.41) is 0.587. The lowest BCUT2D eigenvalue weighted by atomic mass is 9.82. The molecule has 0 saturated heterocycles. The van der Waals surface area contributed by atoms with Gasteiger partial charge in [-0.2, -0.15) is 0 Å². The number of amides is 1. The van der Waals surface area contributed by atoms with Crippen molar-refractivity contribution in [2.45, 2.75) is 32.7 Å². The highest BCUT2D eigenvalue weighted by Crippen LogP contribution is 2.31. The molecule has 0 fully saturated rings. The van der Waals surface area contributed by atoms with Crippen LogP contribution < -0.4 is 5.56 Å². The summed E-state index contributed by atoms with van der Waals surface area (Å²) >= 11 is 5.89. The zero-order chi connectivity index (χ0) is 17.6. The fraction of sp³-hybridized carbons (Fsp3) is 0.389. The van der Waals surface area contributed by atoms with Crippen molar-refractivity contribution in [3.05, 3.63) is 62.3 Å². The van der Waals surface area contributed by atoms with Crippen molar-refractivity contribution < 1.29 is 4.79 Å². The summed E-state index contributed by atoms with van der Waals surface area (Å²) in [6.07, 6.45) is 0. The summed E-state index contributed by atoms with van der Waals surface area (Å²) in [4.78, 5) is 31.8. The minimum atomic E-state index is -0.381. The summed E-state index contributed by atoms with van der Waals surface area (Å²) < 4.78 is 1.53. The molecule has 5 nitrogen and oxygen atoms in total. The van der Waals surface area contributed by atoms with E-state index in [0.29, 0.717) is 28.5 Å². The van der Waals surface area contributed by atoms with Gasteiger partial charge in [-0.25, -0.2) is 4.98 Å². The van der Waals surface area contributed by atoms with E-state index in [0.717, 1.165) is 5.69 Å². The topological polar surface area (TPSA) is 55.2 Å². The standard InChI is InChI=1S/C18H20ClN3O2/c1-11-20-15-14(17(24)21(11)4)9-22(10-18(15,2)3)16(23)12-5-7-13(19)8-6-12/h5-8H,9-10H2,1-4H3. The first-order chi connectivity index (χ1) is 11.2. The van der Waals surface area contributed by atoms with Crippen LogP contribution in [-0.4, -0.2) is 26.9 Å². The molecule has 1 amide bonds. The number of aryl methyl sites for hydroxylation is 1. The summed E-state index contributed by atoms with van der Waals surface area (Å²) in [5.74, 6) is 0.581. The van der Waals surface area contributed by atoms with E-state index in [1.54, 1.807) is 36.2 Å². The normalized spacial score (nSPS) is 16.0. The van der Waals surface area contributed by atoms with E-state index >= 15 is 0 Å². The Morgan fingerprint density at radius 1 is 1.25 bits per heavy atom. The van der Waals surface area contributed by atoms with Crippen LogP contribution in [0.4, 0.5) is 0 Å². The lowest BCUT2D eigenvalue weighted by molar-refractivity contribution is 0.0680. The highest BCUT2D eigenvalue weighted by Gasteiger charge is 2.37. The van der Waals surface area contributed by atoms with Crippen LogP contribution in [0.5, 0.6) is 0 Å². The SMILES string of the molecule is Cc1nc2c(c(=O)n1C)CN(C(=O)c1ccc(Cl)cc1)CC2(C)C. The van der Waals surface area contributed by atoms with Crippen molar-refractivity contribution in [3.63, 3.8) is 0 Å². The van der Waals surface area contributed by atoms with Crippen molar-refractivity contribution >= 4 is 17.5 Å². The maximum absolute atomic E-state index is 12.8. The first kappa shape index (κ1) is 16.7. The largest absolute Gasteiger partial charge is 0.333 e. The van der Waals surface area contributed by atoms with Gasteiger partial charge in [-0.15, -0.1) is 0 Å². The zero-order valence-electron chi connectivity index (χ0n) is 14.3. The average Bonchev–Trinajstić information content (AvgIpc) is 2.53. The highest BCUT2D eigenvalue weighted by atomic mass is 35.5. The molecule has 1 aliphatic rings. The zero-order valence-corrected chi connectivity index (χ0v) is 15.0. The van der Waals surface area contributed by atoms with Crippen LogP contribution >= 0.6 is 11.6 Å². The number of halogens is 1. The number of benzene rings is 1. The second kappa shape index (κ2) is 5.74. The van der Waals surface area contributed by atoms with E-state index in [-0.39, 0.29) is 23.4 Å². The highest BCUT2D eigenvalue weighted by molar-refractivity contribution is 6.30. The molecule has 1 aliphatic heterocycles. The molecule has 0 saturated carbocycles. The molecule has 1 aromatic carbocycles. The van der Waals surface area contributed by atoms with E-state index in [1.165, 1.54) is 4.57 Å². The molecule has 2 aromatic rings. The van der Waals surface area contributed by atoms with Crippen molar-refractivity contribution in [2.24, 2.45) is 7.05 Å². The first-order valence-corrected chi connectivity index (χ1v) is 8.20. The third kappa shape index (κ3) is 2.73. The first-order valence-electron chi connectivity index (χ1n) is 7.82. The number of hydrogen-bond acceptors (Lipinski definition) is 3. The van der Waals surface area contributed by atoms with Gasteiger partial charge < -0.3 is 4.90 Å². The number of nitrogens with zero attached hydrogens (tertiary/aromatic N) is 3. The summed E-state index contributed by atoms with van der Waals surface area (Å²) in [7, 11) is 1.71. The van der Waals surface area contributed by atoms with E-state index in [9.17, 15) is 9.59 Å². The van der Waals surface area contributed by atoms with Gasteiger partial charge in [0.1, 0.15) is 5.82 Å². The Balaban J connectivity index is 2.04. The van der Waals surface area contributed by atoms with Crippen molar-refractivity contribution in [1.82, 2.24) is 14.5 Å². The predicted octanol–water partition coefficient (Wildman–Crippen LogP) is 2.68. The van der Waals surface area contributed by atoms with Crippen LogP contribution in [0.15, 0.2) is 29.1 Å². The van der Waals surface area contributed by atoms with Crippen molar-refractivity contribution in [1.29, 1.82) is 0 Å². The van der Waals surface area contributed by atoms with Crippen molar-refractivity contribution in [2.75, 3.05) is 6.54 Å². The maximum Gasteiger partial charge on any atom is 0.258 e. The Labute approximate surface area is 145 Å². The predicted molar refractivity (Wildman–Crippen MR) is 93.4 cm³/mol. The number of aromatic nitrogens is 2. The molecule has 3 rings (SSSR count). The number of fused-ring (bicyclic) bond motifs is 1. The van der Waals surface area contributed by atoms with E-state index in [1.807, 2.05) is 20.8 Å². The smallest absolute Gasteiger partial charge is 0.258 e. The van der Waals surface area contributed by atoms with Gasteiger partial charge in [0.2, 0.25) is 0 Å². The lowest BCUT2D eigenvalue weighted by Crippen LogP contribution is -2.49. The minimum Gasteiger partial charge on any atom is -0.333 e. The molecule has 0 aliphatic carbocycles. The Kier molecular flexibility index (Phi) is 4.00. The van der Waals surface area contributed by atoms with Gasteiger partial charge in [0.15, 0.2) is 0 Å². The van der Waals surface area contributed by atoms with Crippen LogP contribution in [0.2, 0.25) is 5.02 Å². The second-order valence-corrected chi connectivity index (χ2v) is 7.34. The Morgan fingerprint density at radius 2 is 1.88 bits per heavy atom. The van der Waals surface area contributed by atoms with E-state index in [4.69, 9.17) is 11.6 Å². The third-order valence-electron chi connectivity index (χ3n) is 4.56. The second-order valence-electron chi connectivity index (χ2n) is 6.90. The van der Waals surface area contributed by atoms with E-state index < -0.39 is 0 Å². The Bertz CT molecular complexity index is 869. The van der Waals surface area contributed by atoms with E-state index in [2.05, 4.69) is 4.98 Å². The van der Waals surface area contributed by atoms with Gasteiger partial charge in [0.05, 0.1) is 17.8 Å². The monoisotopic (exact) mass is 345 g/mol. The molecule has 1 aromatic heterocycles. The Morgan fingerprint density at radius 3 is 2.50 bits per heavy atom. The maximum atomic E-state index is 12.8. The molecule has 2 heterocycles. The molecule has 6 heteroatoms. The van der Waals surface area contributed by atoms with Crippen LogP contribution in [0.3, 0.4) is 0 Å².